The second-order valence-corrected chi connectivity index (χ2v) is 14.5. The molecular formula is C25H27N7O6S4. The van der Waals surface area contributed by atoms with Gasteiger partial charge in [-0.1, -0.05) is 35.6 Å². The molecule has 0 saturated heterocycles. The van der Waals surface area contributed by atoms with Gasteiger partial charge in [-0.25, -0.2) is 32.1 Å². The van der Waals surface area contributed by atoms with Crippen molar-refractivity contribution in [3.63, 3.8) is 0 Å². The summed E-state index contributed by atoms with van der Waals surface area (Å²) >= 11 is 2.68. The van der Waals surface area contributed by atoms with E-state index in [1.165, 1.54) is 59.1 Å². The number of anilines is 2. The summed E-state index contributed by atoms with van der Waals surface area (Å²) < 4.78 is 45.4. The fraction of sp³-hybridized carbons (Fsp3) is 0.240. The van der Waals surface area contributed by atoms with Crippen molar-refractivity contribution in [2.24, 2.45) is 10.3 Å². The Balaban J connectivity index is 1.16. The predicted octanol–water partition coefficient (Wildman–Crippen LogP) is 2.22. The number of aryl methyl sites for hydroxylation is 2. The molecule has 4 aromatic rings. The van der Waals surface area contributed by atoms with Crippen molar-refractivity contribution < 1.29 is 26.4 Å². The van der Waals surface area contributed by atoms with Crippen molar-refractivity contribution >= 4 is 64.8 Å². The smallest absolute Gasteiger partial charge is 0.238 e. The summed E-state index contributed by atoms with van der Waals surface area (Å²) in [6.45, 7) is 0. The highest BCUT2D eigenvalue weighted by molar-refractivity contribution is 7.89. The molecular weight excluding hydrogens is 623 g/mol. The van der Waals surface area contributed by atoms with Gasteiger partial charge < -0.3 is 10.6 Å². The van der Waals surface area contributed by atoms with Gasteiger partial charge in [0, 0.05) is 17.5 Å². The lowest BCUT2D eigenvalue weighted by Crippen LogP contribution is -2.15. The summed E-state index contributed by atoms with van der Waals surface area (Å²) in [5.41, 5.74) is 1.28. The first-order valence-electron chi connectivity index (χ1n) is 12.5. The molecule has 0 fully saturated rings. The van der Waals surface area contributed by atoms with E-state index in [4.69, 9.17) is 10.3 Å². The number of aromatic nitrogens is 3. The summed E-state index contributed by atoms with van der Waals surface area (Å²) in [6.07, 6.45) is 5.01. The minimum atomic E-state index is -3.79. The second-order valence-electron chi connectivity index (χ2n) is 9.17. The maximum atomic E-state index is 12.3. The van der Waals surface area contributed by atoms with Gasteiger partial charge in [0.15, 0.2) is 5.13 Å². The van der Waals surface area contributed by atoms with Gasteiger partial charge in [-0.3, -0.25) is 9.59 Å². The van der Waals surface area contributed by atoms with E-state index in [1.807, 2.05) is 0 Å². The van der Waals surface area contributed by atoms with Crippen LogP contribution in [0.2, 0.25) is 0 Å². The number of carbonyl (C=O) groups is 2. The Kier molecular flexibility index (Phi) is 10.1. The number of hydrogen-bond acceptors (Lipinski definition) is 11. The number of sulfonamides is 2. The molecule has 0 aliphatic carbocycles. The monoisotopic (exact) mass is 649 g/mol. The molecule has 2 heterocycles. The number of hydrogen-bond donors (Lipinski definition) is 4. The Morgan fingerprint density at radius 1 is 0.690 bits per heavy atom. The third-order valence-corrected chi connectivity index (χ3v) is 9.54. The molecule has 4 rings (SSSR count). The molecule has 0 radical (unpaired) electrons. The molecule has 0 atom stereocenters. The van der Waals surface area contributed by atoms with Crippen LogP contribution in [0.15, 0.2) is 64.5 Å². The van der Waals surface area contributed by atoms with E-state index in [1.54, 1.807) is 18.3 Å². The Morgan fingerprint density at radius 3 is 1.71 bits per heavy atom. The van der Waals surface area contributed by atoms with Crippen molar-refractivity contribution in [1.82, 2.24) is 15.2 Å². The van der Waals surface area contributed by atoms with Gasteiger partial charge in [0.05, 0.1) is 22.6 Å². The van der Waals surface area contributed by atoms with Crippen molar-refractivity contribution in [2.75, 3.05) is 10.6 Å². The van der Waals surface area contributed by atoms with Crippen LogP contribution in [0.4, 0.5) is 10.3 Å². The van der Waals surface area contributed by atoms with Gasteiger partial charge in [0.2, 0.25) is 37.0 Å². The molecule has 2 amide bonds. The van der Waals surface area contributed by atoms with Gasteiger partial charge in [-0.15, -0.1) is 21.5 Å². The minimum absolute atomic E-state index is 0.0143. The Hall–Kier alpha value is -3.61. The number of rotatable bonds is 13. The third-order valence-electron chi connectivity index (χ3n) is 5.81. The fourth-order valence-corrected chi connectivity index (χ4v) is 6.45. The lowest BCUT2D eigenvalue weighted by Gasteiger charge is -2.03. The fourth-order valence-electron chi connectivity index (χ4n) is 3.75. The molecule has 0 aliphatic rings. The second kappa shape index (κ2) is 13.6. The Labute approximate surface area is 250 Å². The highest BCUT2D eigenvalue weighted by atomic mass is 32.2. The molecule has 0 saturated carbocycles. The Bertz CT molecular complexity index is 1640. The zero-order valence-electron chi connectivity index (χ0n) is 22.0. The van der Waals surface area contributed by atoms with E-state index in [-0.39, 0.29) is 34.4 Å². The number of carbonyl (C=O) groups excluding carboxylic acids is 2. The predicted molar refractivity (Wildman–Crippen MR) is 159 cm³/mol. The van der Waals surface area contributed by atoms with Crippen LogP contribution in [0.25, 0.3) is 0 Å². The van der Waals surface area contributed by atoms with E-state index in [0.717, 1.165) is 29.1 Å². The average Bonchev–Trinajstić information content (AvgIpc) is 3.55. The largest absolute Gasteiger partial charge is 0.302 e. The minimum Gasteiger partial charge on any atom is -0.302 e. The maximum absolute atomic E-state index is 12.3. The van der Waals surface area contributed by atoms with Crippen LogP contribution >= 0.6 is 22.7 Å². The van der Waals surface area contributed by atoms with E-state index in [2.05, 4.69) is 25.8 Å². The summed E-state index contributed by atoms with van der Waals surface area (Å²) in [6, 6.07) is 11.6. The van der Waals surface area contributed by atoms with Crippen molar-refractivity contribution in [3.05, 3.63) is 75.7 Å². The highest BCUT2D eigenvalue weighted by Crippen LogP contribution is 2.22. The number of benzene rings is 2. The van der Waals surface area contributed by atoms with Crippen LogP contribution in [-0.4, -0.2) is 43.8 Å². The van der Waals surface area contributed by atoms with Crippen molar-refractivity contribution in [2.45, 2.75) is 48.3 Å². The molecule has 13 nitrogen and oxygen atoms in total. The summed E-state index contributed by atoms with van der Waals surface area (Å²) in [5, 5.41) is 25.4. The zero-order valence-corrected chi connectivity index (χ0v) is 25.3. The number of nitrogens with one attached hydrogen (secondary N) is 2. The average molecular weight is 650 g/mol. The number of unbranched alkanes of at least 4 members (excludes halogenated alkanes) is 1. The maximum Gasteiger partial charge on any atom is 0.238 e. The molecule has 0 aliphatic heterocycles. The number of nitrogens with zero attached hydrogens (tertiary/aromatic N) is 3. The van der Waals surface area contributed by atoms with Crippen LogP contribution in [0.5, 0.6) is 0 Å². The lowest BCUT2D eigenvalue weighted by molar-refractivity contribution is -0.116. The van der Waals surface area contributed by atoms with Gasteiger partial charge >= 0.3 is 0 Å². The molecule has 2 aromatic heterocycles. The van der Waals surface area contributed by atoms with E-state index in [0.29, 0.717) is 27.8 Å². The highest BCUT2D eigenvalue weighted by Gasteiger charge is 2.13. The molecule has 17 heteroatoms. The number of nitrogens with two attached hydrogens (primary N) is 2. The van der Waals surface area contributed by atoms with Crippen LogP contribution in [0.1, 0.15) is 33.9 Å². The lowest BCUT2D eigenvalue weighted by atomic mass is 10.1. The van der Waals surface area contributed by atoms with Gasteiger partial charge in [0.1, 0.15) is 5.01 Å². The van der Waals surface area contributed by atoms with Crippen LogP contribution in [-0.2, 0) is 55.3 Å². The first-order chi connectivity index (χ1) is 19.8. The van der Waals surface area contributed by atoms with Crippen LogP contribution in [0, 0.1) is 0 Å². The topological polar surface area (TPSA) is 217 Å². The van der Waals surface area contributed by atoms with Crippen molar-refractivity contribution in [1.29, 1.82) is 0 Å². The standard InChI is InChI=1S/C25H27N7O6S4/c26-41(35,36)19-9-5-16(6-10-19)13-21(33)29-24-28-15-18(39-24)3-1-2-4-23-31-32-25(40-23)30-22(34)14-17-7-11-20(12-8-17)42(27,37)38/h5-12,15H,1-4,13-14H2,(H2,26,35,36)(H2,27,37,38)(H,28,29,33)(H,30,32,34). The van der Waals surface area contributed by atoms with Gasteiger partial charge in [-0.05, 0) is 54.7 Å². The van der Waals surface area contributed by atoms with Gasteiger partial charge in [0.25, 0.3) is 0 Å². The first kappa shape index (κ1) is 31.3. The van der Waals surface area contributed by atoms with Crippen LogP contribution in [0.3, 0.4) is 0 Å². The zero-order chi connectivity index (χ0) is 30.3. The quantitative estimate of drug-likeness (QED) is 0.156. The molecule has 0 unspecified atom stereocenters. The van der Waals surface area contributed by atoms with E-state index >= 15 is 0 Å². The number of primary sulfonamides is 2. The third kappa shape index (κ3) is 9.47. The summed E-state index contributed by atoms with van der Waals surface area (Å²) in [4.78, 5) is 29.9. The van der Waals surface area contributed by atoms with E-state index < -0.39 is 20.0 Å². The number of thiazole rings is 1. The Morgan fingerprint density at radius 2 is 1.19 bits per heavy atom. The van der Waals surface area contributed by atoms with Crippen molar-refractivity contribution in [3.8, 4) is 0 Å². The summed E-state index contributed by atoms with van der Waals surface area (Å²) in [7, 11) is -7.57. The van der Waals surface area contributed by atoms with E-state index in [9.17, 15) is 26.4 Å². The van der Waals surface area contributed by atoms with Gasteiger partial charge in [-0.2, -0.15) is 0 Å². The molecule has 0 spiro atoms. The number of amides is 2. The SMILES string of the molecule is NS(=O)(=O)c1ccc(CC(=O)Nc2ncc(CCCCc3nnc(NC(=O)Cc4ccc(S(N)(=O)=O)cc4)s3)s2)cc1. The normalized spacial score (nSPS) is 11.8. The van der Waals surface area contributed by atoms with Crippen LogP contribution < -0.4 is 20.9 Å². The molecule has 2 aromatic carbocycles. The molecule has 6 N–H and O–H groups in total. The first-order valence-corrected chi connectivity index (χ1v) is 17.2. The molecule has 0 bridgehead atoms. The summed E-state index contributed by atoms with van der Waals surface area (Å²) in [5.74, 6) is -0.563. The molecule has 222 valence electrons. The molecule has 42 heavy (non-hydrogen) atoms.